The quantitative estimate of drug-likeness (QED) is 0.886. The first kappa shape index (κ1) is 15.9. The first-order chi connectivity index (χ1) is 9.89. The average Bonchev–Trinajstić information content (AvgIpc) is 2.41. The molecule has 0 spiro atoms. The maximum absolute atomic E-state index is 12.3. The minimum absolute atomic E-state index is 0.140. The predicted octanol–water partition coefficient (Wildman–Crippen LogP) is 4.41. The van der Waals surface area contributed by atoms with Gasteiger partial charge in [-0.05, 0) is 29.2 Å². The van der Waals surface area contributed by atoms with E-state index in [0.29, 0.717) is 16.3 Å². The van der Waals surface area contributed by atoms with Crippen molar-refractivity contribution in [3.63, 3.8) is 0 Å². The van der Waals surface area contributed by atoms with Crippen molar-refractivity contribution in [3.8, 4) is 0 Å². The second kappa shape index (κ2) is 6.50. The van der Waals surface area contributed by atoms with E-state index in [4.69, 9.17) is 11.6 Å². The van der Waals surface area contributed by atoms with E-state index in [2.05, 4.69) is 4.72 Å². The van der Waals surface area contributed by atoms with E-state index in [1.807, 2.05) is 32.0 Å². The van der Waals surface area contributed by atoms with Crippen LogP contribution < -0.4 is 4.72 Å². The van der Waals surface area contributed by atoms with Gasteiger partial charge in [0.05, 0.1) is 11.4 Å². The zero-order valence-corrected chi connectivity index (χ0v) is 13.6. The summed E-state index contributed by atoms with van der Waals surface area (Å²) in [5, 5.41) is 0.458. The lowest BCUT2D eigenvalue weighted by Crippen LogP contribution is -2.16. The highest BCUT2D eigenvalue weighted by molar-refractivity contribution is 7.91. The lowest BCUT2D eigenvalue weighted by molar-refractivity contribution is 0.600. The highest BCUT2D eigenvalue weighted by Gasteiger charge is 2.16. The van der Waals surface area contributed by atoms with Crippen LogP contribution in [-0.2, 0) is 15.8 Å². The molecule has 0 heterocycles. The predicted molar refractivity (Wildman–Crippen MR) is 88.2 cm³/mol. The second-order valence-electron chi connectivity index (χ2n) is 5.19. The molecule has 1 N–H and O–H groups in total. The van der Waals surface area contributed by atoms with Gasteiger partial charge in [0.15, 0.2) is 0 Å². The molecule has 0 aliphatic rings. The Morgan fingerprint density at radius 3 is 2.33 bits per heavy atom. The van der Waals surface area contributed by atoms with Gasteiger partial charge in [0.25, 0.3) is 0 Å². The lowest BCUT2D eigenvalue weighted by Gasteiger charge is -2.15. The summed E-state index contributed by atoms with van der Waals surface area (Å²) in [4.78, 5) is 0. The molecule has 21 heavy (non-hydrogen) atoms. The lowest BCUT2D eigenvalue weighted by atomic mass is 10.0. The molecule has 0 amide bonds. The van der Waals surface area contributed by atoms with Gasteiger partial charge < -0.3 is 0 Å². The summed E-state index contributed by atoms with van der Waals surface area (Å²) in [6.45, 7) is 4.06. The number of halogens is 1. The van der Waals surface area contributed by atoms with Crippen LogP contribution >= 0.6 is 11.6 Å². The van der Waals surface area contributed by atoms with Crippen molar-refractivity contribution in [2.45, 2.75) is 25.5 Å². The highest BCUT2D eigenvalue weighted by Crippen LogP contribution is 2.26. The first-order valence-corrected chi connectivity index (χ1v) is 8.75. The van der Waals surface area contributed by atoms with Gasteiger partial charge in [-0.15, -0.1) is 0 Å². The van der Waals surface area contributed by atoms with Gasteiger partial charge >= 0.3 is 0 Å². The van der Waals surface area contributed by atoms with Crippen molar-refractivity contribution >= 4 is 27.3 Å². The molecule has 2 rings (SSSR count). The molecule has 5 heteroatoms. The number of nitrogens with one attached hydrogen (secondary N) is 1. The Labute approximate surface area is 131 Å². The average molecular weight is 324 g/mol. The highest BCUT2D eigenvalue weighted by atomic mass is 35.5. The molecule has 3 nitrogen and oxygen atoms in total. The van der Waals surface area contributed by atoms with Gasteiger partial charge in [-0.25, -0.2) is 8.42 Å². The number of para-hydroxylation sites is 1. The summed E-state index contributed by atoms with van der Waals surface area (Å²) < 4.78 is 27.3. The third kappa shape index (κ3) is 4.22. The monoisotopic (exact) mass is 323 g/mol. The summed E-state index contributed by atoms with van der Waals surface area (Å²) in [7, 11) is -3.50. The molecule has 0 fully saturated rings. The number of hydrogen-bond donors (Lipinski definition) is 1. The largest absolute Gasteiger partial charge is 0.283 e. The maximum atomic E-state index is 12.3. The maximum Gasteiger partial charge on any atom is 0.236 e. The van der Waals surface area contributed by atoms with E-state index >= 15 is 0 Å². The third-order valence-electron chi connectivity index (χ3n) is 3.15. The van der Waals surface area contributed by atoms with Gasteiger partial charge in [-0.2, -0.15) is 0 Å². The van der Waals surface area contributed by atoms with Crippen LogP contribution in [0, 0.1) is 0 Å². The second-order valence-corrected chi connectivity index (χ2v) is 7.32. The van der Waals surface area contributed by atoms with E-state index in [0.717, 1.165) is 5.56 Å². The van der Waals surface area contributed by atoms with E-state index in [1.165, 1.54) is 0 Å². The minimum atomic E-state index is -3.50. The molecule has 2 aromatic carbocycles. The van der Waals surface area contributed by atoms with Crippen molar-refractivity contribution < 1.29 is 8.42 Å². The zero-order valence-electron chi connectivity index (χ0n) is 12.0. The molecule has 0 aliphatic heterocycles. The van der Waals surface area contributed by atoms with Crippen molar-refractivity contribution in [2.75, 3.05) is 4.72 Å². The SMILES string of the molecule is CC(C)c1ccccc1NS(=O)(=O)Cc1ccccc1Cl. The standard InChI is InChI=1S/C16H18ClNO2S/c1-12(2)14-8-4-6-10-16(14)18-21(19,20)11-13-7-3-5-9-15(13)17/h3-10,12,18H,11H2,1-2H3. The summed E-state index contributed by atoms with van der Waals surface area (Å²) in [5.74, 6) is 0.100. The first-order valence-electron chi connectivity index (χ1n) is 6.72. The Bertz CT molecular complexity index is 727. The van der Waals surface area contributed by atoms with E-state index < -0.39 is 10.0 Å². The van der Waals surface area contributed by atoms with Crippen LogP contribution in [0.3, 0.4) is 0 Å². The Balaban J connectivity index is 2.25. The van der Waals surface area contributed by atoms with Gasteiger partial charge in [-0.1, -0.05) is 61.8 Å². The Hall–Kier alpha value is -1.52. The molecule has 0 unspecified atom stereocenters. The van der Waals surface area contributed by atoms with Crippen LogP contribution in [0.2, 0.25) is 5.02 Å². The molecule has 0 radical (unpaired) electrons. The van der Waals surface area contributed by atoms with Crippen molar-refractivity contribution in [1.82, 2.24) is 0 Å². The molecule has 0 bridgehead atoms. The number of anilines is 1. The van der Waals surface area contributed by atoms with Crippen molar-refractivity contribution in [3.05, 3.63) is 64.7 Å². The molecule has 0 aliphatic carbocycles. The third-order valence-corrected chi connectivity index (χ3v) is 4.74. The summed E-state index contributed by atoms with van der Waals surface area (Å²) in [6, 6.07) is 14.4. The molecule has 2 aromatic rings. The summed E-state index contributed by atoms with van der Waals surface area (Å²) >= 11 is 6.02. The van der Waals surface area contributed by atoms with E-state index in [9.17, 15) is 8.42 Å². The molecule has 0 aromatic heterocycles. The number of rotatable bonds is 5. The van der Waals surface area contributed by atoms with Crippen molar-refractivity contribution in [2.24, 2.45) is 0 Å². The Kier molecular flexibility index (Phi) is 4.91. The van der Waals surface area contributed by atoms with Crippen LogP contribution in [0.25, 0.3) is 0 Å². The number of sulfonamides is 1. The van der Waals surface area contributed by atoms with E-state index in [1.54, 1.807) is 30.3 Å². The zero-order chi connectivity index (χ0) is 15.5. The molecule has 0 atom stereocenters. The van der Waals surface area contributed by atoms with Crippen LogP contribution in [0.15, 0.2) is 48.5 Å². The van der Waals surface area contributed by atoms with Crippen LogP contribution in [0.4, 0.5) is 5.69 Å². The van der Waals surface area contributed by atoms with Crippen LogP contribution in [0.1, 0.15) is 30.9 Å². The molecular weight excluding hydrogens is 306 g/mol. The fraction of sp³-hybridized carbons (Fsp3) is 0.250. The van der Waals surface area contributed by atoms with Crippen LogP contribution in [-0.4, -0.2) is 8.42 Å². The number of hydrogen-bond acceptors (Lipinski definition) is 2. The van der Waals surface area contributed by atoms with Gasteiger partial charge in [-0.3, -0.25) is 4.72 Å². The Morgan fingerprint density at radius 1 is 1.05 bits per heavy atom. The normalized spacial score (nSPS) is 11.6. The van der Waals surface area contributed by atoms with Crippen LogP contribution in [0.5, 0.6) is 0 Å². The van der Waals surface area contributed by atoms with E-state index in [-0.39, 0.29) is 11.7 Å². The number of benzene rings is 2. The molecular formula is C16H18ClNO2S. The fourth-order valence-corrected chi connectivity index (χ4v) is 3.65. The molecule has 0 saturated carbocycles. The summed E-state index contributed by atoms with van der Waals surface area (Å²) in [5.41, 5.74) is 2.19. The van der Waals surface area contributed by atoms with Gasteiger partial charge in [0.2, 0.25) is 10.0 Å². The van der Waals surface area contributed by atoms with Gasteiger partial charge in [0, 0.05) is 5.02 Å². The molecule has 0 saturated heterocycles. The van der Waals surface area contributed by atoms with Gasteiger partial charge in [0.1, 0.15) is 0 Å². The molecule has 112 valence electrons. The topological polar surface area (TPSA) is 46.2 Å². The Morgan fingerprint density at radius 2 is 1.67 bits per heavy atom. The summed E-state index contributed by atoms with van der Waals surface area (Å²) in [6.07, 6.45) is 0. The fourth-order valence-electron chi connectivity index (χ4n) is 2.12. The minimum Gasteiger partial charge on any atom is -0.283 e. The smallest absolute Gasteiger partial charge is 0.236 e. The van der Waals surface area contributed by atoms with Crippen molar-refractivity contribution in [1.29, 1.82) is 0 Å².